The second kappa shape index (κ2) is 5.06. The highest BCUT2D eigenvalue weighted by atomic mass is 35.5. The lowest BCUT2D eigenvalue weighted by atomic mass is 10.2. The van der Waals surface area contributed by atoms with Crippen LogP contribution in [0, 0.1) is 0 Å². The molecule has 0 fully saturated rings. The zero-order valence-corrected chi connectivity index (χ0v) is 12.7. The number of nitrogens with one attached hydrogen (secondary N) is 1. The van der Waals surface area contributed by atoms with E-state index in [4.69, 9.17) is 5.14 Å². The van der Waals surface area contributed by atoms with Crippen molar-refractivity contribution in [2.75, 3.05) is 12.3 Å². The van der Waals surface area contributed by atoms with Gasteiger partial charge in [-0.05, 0) is 18.6 Å². The zero-order valence-electron chi connectivity index (χ0n) is 9.41. The number of fused-ring (bicyclic) bond motifs is 1. The molecule has 0 saturated carbocycles. The van der Waals surface area contributed by atoms with E-state index in [1.807, 2.05) is 0 Å². The molecule has 1 aliphatic heterocycles. The fourth-order valence-corrected chi connectivity index (χ4v) is 5.74. The first kappa shape index (κ1) is 15.9. The molecule has 0 aromatic carbocycles. The van der Waals surface area contributed by atoms with E-state index >= 15 is 0 Å². The van der Waals surface area contributed by atoms with Gasteiger partial charge in [0.25, 0.3) is 0 Å². The molecule has 0 spiro atoms. The highest BCUT2D eigenvalue weighted by Gasteiger charge is 2.30. The number of thiophene rings is 1. The number of sulfone groups is 1. The lowest BCUT2D eigenvalue weighted by Gasteiger charge is -2.08. The minimum absolute atomic E-state index is 0. The van der Waals surface area contributed by atoms with E-state index in [0.29, 0.717) is 12.1 Å². The Bertz CT molecular complexity index is 650. The van der Waals surface area contributed by atoms with Crippen LogP contribution in [0.5, 0.6) is 0 Å². The standard InChI is InChI=1S/C8H12N2O4S3.ClH/c1-5-6-4-7(17(9,13)14)15-8(6)16(11,12)3-2-10-5;/h4-5,10H,2-3H2,1H3,(H2,9,13,14);1H/t5-;/m0./s1. The van der Waals surface area contributed by atoms with Gasteiger partial charge in [-0.25, -0.2) is 22.0 Å². The molecule has 0 aliphatic carbocycles. The van der Waals surface area contributed by atoms with Crippen LogP contribution in [-0.4, -0.2) is 29.1 Å². The smallest absolute Gasteiger partial charge is 0.247 e. The summed E-state index contributed by atoms with van der Waals surface area (Å²) in [7, 11) is -7.27. The van der Waals surface area contributed by atoms with Gasteiger partial charge in [-0.3, -0.25) is 0 Å². The maximum atomic E-state index is 11.9. The summed E-state index contributed by atoms with van der Waals surface area (Å²) in [5.74, 6) is -0.0328. The van der Waals surface area contributed by atoms with Gasteiger partial charge in [0.05, 0.1) is 5.75 Å². The summed E-state index contributed by atoms with van der Waals surface area (Å²) in [5, 5.41) is 8.02. The van der Waals surface area contributed by atoms with E-state index in [2.05, 4.69) is 5.32 Å². The third-order valence-corrected chi connectivity index (χ3v) is 7.47. The Morgan fingerprint density at radius 1 is 1.50 bits per heavy atom. The van der Waals surface area contributed by atoms with Crippen molar-refractivity contribution < 1.29 is 16.8 Å². The number of hydrogen-bond donors (Lipinski definition) is 2. The molecule has 0 saturated heterocycles. The summed E-state index contributed by atoms with van der Waals surface area (Å²) in [5.41, 5.74) is 0.483. The summed E-state index contributed by atoms with van der Waals surface area (Å²) in [6.07, 6.45) is 0. The van der Waals surface area contributed by atoms with Gasteiger partial charge in [-0.15, -0.1) is 23.7 Å². The molecule has 18 heavy (non-hydrogen) atoms. The fraction of sp³-hybridized carbons (Fsp3) is 0.500. The van der Waals surface area contributed by atoms with Crippen molar-refractivity contribution >= 4 is 43.6 Å². The molecule has 1 aliphatic rings. The molecule has 10 heteroatoms. The van der Waals surface area contributed by atoms with Gasteiger partial charge in [0, 0.05) is 12.6 Å². The third-order valence-electron chi connectivity index (χ3n) is 2.55. The number of nitrogens with two attached hydrogens (primary N) is 1. The molecule has 0 bridgehead atoms. The normalized spacial score (nSPS) is 22.7. The van der Waals surface area contributed by atoms with Crippen molar-refractivity contribution in [1.29, 1.82) is 0 Å². The quantitative estimate of drug-likeness (QED) is 0.767. The topological polar surface area (TPSA) is 106 Å². The predicted octanol–water partition coefficient (Wildman–Crippen LogP) is 0.255. The van der Waals surface area contributed by atoms with Crippen LogP contribution in [0.4, 0.5) is 0 Å². The van der Waals surface area contributed by atoms with E-state index in [-0.39, 0.29) is 32.6 Å². The fourth-order valence-electron chi connectivity index (χ4n) is 1.66. The summed E-state index contributed by atoms with van der Waals surface area (Å²) >= 11 is 0.725. The lowest BCUT2D eigenvalue weighted by molar-refractivity contribution is 0.589. The molecule has 1 atom stereocenters. The van der Waals surface area contributed by atoms with Crippen LogP contribution in [0.15, 0.2) is 14.5 Å². The Balaban J connectivity index is 0.00000162. The van der Waals surface area contributed by atoms with E-state index in [9.17, 15) is 16.8 Å². The maximum absolute atomic E-state index is 11.9. The first-order valence-corrected chi connectivity index (χ1v) is 8.86. The van der Waals surface area contributed by atoms with Gasteiger partial charge in [0.2, 0.25) is 10.0 Å². The molecule has 0 amide bonds. The van der Waals surface area contributed by atoms with Gasteiger partial charge < -0.3 is 5.32 Å². The van der Waals surface area contributed by atoms with Gasteiger partial charge in [0.1, 0.15) is 8.42 Å². The number of primary sulfonamides is 1. The van der Waals surface area contributed by atoms with E-state index in [1.165, 1.54) is 6.07 Å². The summed E-state index contributed by atoms with van der Waals surface area (Å²) < 4.78 is 46.3. The summed E-state index contributed by atoms with van der Waals surface area (Å²) in [6.45, 7) is 2.15. The largest absolute Gasteiger partial charge is 0.309 e. The number of sulfonamides is 1. The zero-order chi connectivity index (χ0) is 12.8. The molecule has 2 rings (SSSR count). The molecule has 6 nitrogen and oxygen atoms in total. The van der Waals surface area contributed by atoms with Gasteiger partial charge >= 0.3 is 0 Å². The monoisotopic (exact) mass is 332 g/mol. The Morgan fingerprint density at radius 2 is 2.11 bits per heavy atom. The van der Waals surface area contributed by atoms with Crippen LogP contribution in [0.3, 0.4) is 0 Å². The van der Waals surface area contributed by atoms with Crippen LogP contribution in [0.2, 0.25) is 0 Å². The van der Waals surface area contributed by atoms with Crippen LogP contribution < -0.4 is 10.5 Å². The highest BCUT2D eigenvalue weighted by molar-refractivity contribution is 7.95. The molecule has 2 heterocycles. The number of halogens is 1. The first-order valence-electron chi connectivity index (χ1n) is 4.84. The van der Waals surface area contributed by atoms with Crippen molar-refractivity contribution in [3.63, 3.8) is 0 Å². The molecule has 3 N–H and O–H groups in total. The van der Waals surface area contributed by atoms with Crippen LogP contribution >= 0.6 is 23.7 Å². The average molecular weight is 333 g/mol. The molecule has 0 unspecified atom stereocenters. The van der Waals surface area contributed by atoms with Crippen molar-refractivity contribution in [2.45, 2.75) is 21.4 Å². The first-order chi connectivity index (χ1) is 7.72. The van der Waals surface area contributed by atoms with Gasteiger partial charge in [-0.2, -0.15) is 0 Å². The van der Waals surface area contributed by atoms with E-state index in [1.54, 1.807) is 6.92 Å². The Labute approximate surface area is 116 Å². The summed E-state index contributed by atoms with van der Waals surface area (Å²) in [4.78, 5) is 0. The Morgan fingerprint density at radius 3 is 2.67 bits per heavy atom. The van der Waals surface area contributed by atoms with E-state index in [0.717, 1.165) is 11.3 Å². The highest BCUT2D eigenvalue weighted by Crippen LogP contribution is 2.35. The SMILES string of the molecule is C[C@@H]1NCCS(=O)(=O)c2sc(S(N)(=O)=O)cc21.Cl. The minimum Gasteiger partial charge on any atom is -0.309 e. The molecule has 0 radical (unpaired) electrons. The number of hydrogen-bond acceptors (Lipinski definition) is 6. The van der Waals surface area contributed by atoms with E-state index < -0.39 is 19.9 Å². The Kier molecular flexibility index (Phi) is 4.46. The van der Waals surface area contributed by atoms with Crippen molar-refractivity contribution in [1.82, 2.24) is 5.32 Å². The van der Waals surface area contributed by atoms with Crippen molar-refractivity contribution in [3.05, 3.63) is 11.6 Å². The van der Waals surface area contributed by atoms with Crippen molar-refractivity contribution in [3.8, 4) is 0 Å². The van der Waals surface area contributed by atoms with Gasteiger partial charge in [0.15, 0.2) is 9.84 Å². The molecule has 104 valence electrons. The predicted molar refractivity (Wildman–Crippen MR) is 71.4 cm³/mol. The molecule has 1 aromatic heterocycles. The molecule has 1 aromatic rings. The second-order valence-electron chi connectivity index (χ2n) is 3.85. The minimum atomic E-state index is -3.86. The second-order valence-corrected chi connectivity index (χ2v) is 8.99. The molecular formula is C8H13ClN2O4S3. The third kappa shape index (κ3) is 2.86. The number of rotatable bonds is 1. The average Bonchev–Trinajstić information content (AvgIpc) is 2.57. The summed E-state index contributed by atoms with van der Waals surface area (Å²) in [6, 6.07) is 1.14. The Hall–Kier alpha value is -0.190. The maximum Gasteiger partial charge on any atom is 0.247 e. The van der Waals surface area contributed by atoms with Gasteiger partial charge in [-0.1, -0.05) is 0 Å². The van der Waals surface area contributed by atoms with Crippen LogP contribution in [-0.2, 0) is 19.9 Å². The lowest BCUT2D eigenvalue weighted by Crippen LogP contribution is -2.21. The van der Waals surface area contributed by atoms with Crippen LogP contribution in [0.25, 0.3) is 0 Å². The van der Waals surface area contributed by atoms with Crippen LogP contribution in [0.1, 0.15) is 18.5 Å². The molecular weight excluding hydrogens is 320 g/mol. The van der Waals surface area contributed by atoms with Crippen molar-refractivity contribution in [2.24, 2.45) is 5.14 Å².